The number of pyridine rings is 1. The van der Waals surface area contributed by atoms with E-state index in [-0.39, 0.29) is 23.7 Å². The number of hydrogen-bond acceptors (Lipinski definition) is 4. The summed E-state index contributed by atoms with van der Waals surface area (Å²) in [6, 6.07) is 3.72. The van der Waals surface area contributed by atoms with E-state index in [0.717, 1.165) is 24.3 Å². The maximum atomic E-state index is 11.9. The molecular weight excluding hydrogens is 230 g/mol. The summed E-state index contributed by atoms with van der Waals surface area (Å²) in [6.07, 6.45) is 2.45. The number of nitrogens with zero attached hydrogens (tertiary/aromatic N) is 2. The fourth-order valence-electron chi connectivity index (χ4n) is 2.47. The number of nitrogens with one attached hydrogen (secondary N) is 1. The molecule has 18 heavy (non-hydrogen) atoms. The van der Waals surface area contributed by atoms with Gasteiger partial charge in [-0.3, -0.25) is 14.5 Å². The van der Waals surface area contributed by atoms with E-state index in [9.17, 15) is 9.59 Å². The van der Waals surface area contributed by atoms with Gasteiger partial charge in [0.1, 0.15) is 5.82 Å². The van der Waals surface area contributed by atoms with E-state index in [4.69, 9.17) is 0 Å². The molecule has 0 aromatic carbocycles. The maximum Gasteiger partial charge on any atom is 0.233 e. The number of rotatable bonds is 4. The van der Waals surface area contributed by atoms with Crippen molar-refractivity contribution >= 4 is 17.6 Å². The van der Waals surface area contributed by atoms with Gasteiger partial charge < -0.3 is 5.32 Å². The largest absolute Gasteiger partial charge is 0.370 e. The average molecular weight is 245 g/mol. The Balaban J connectivity index is 1.80. The molecule has 2 aliphatic rings. The van der Waals surface area contributed by atoms with Gasteiger partial charge in [-0.2, -0.15) is 0 Å². The van der Waals surface area contributed by atoms with Gasteiger partial charge in [0.2, 0.25) is 11.8 Å². The van der Waals surface area contributed by atoms with Crippen LogP contribution < -0.4 is 5.32 Å². The highest BCUT2D eigenvalue weighted by atomic mass is 16.2. The number of hydrogen-bond donors (Lipinski definition) is 1. The van der Waals surface area contributed by atoms with Gasteiger partial charge in [-0.15, -0.1) is 0 Å². The van der Waals surface area contributed by atoms with Crippen LogP contribution in [-0.2, 0) is 16.1 Å². The van der Waals surface area contributed by atoms with Crippen molar-refractivity contribution in [1.82, 2.24) is 9.88 Å². The quantitative estimate of drug-likeness (QED) is 0.804. The van der Waals surface area contributed by atoms with Crippen LogP contribution in [0.4, 0.5) is 5.82 Å². The Morgan fingerprint density at radius 3 is 2.78 bits per heavy atom. The van der Waals surface area contributed by atoms with Crippen molar-refractivity contribution in [2.45, 2.75) is 19.9 Å². The molecule has 2 unspecified atom stereocenters. The Bertz CT molecular complexity index is 495. The Morgan fingerprint density at radius 1 is 1.39 bits per heavy atom. The average Bonchev–Trinajstić information content (AvgIpc) is 3.12. The summed E-state index contributed by atoms with van der Waals surface area (Å²) in [5.41, 5.74) is 0.891. The first-order valence-corrected chi connectivity index (χ1v) is 6.25. The van der Waals surface area contributed by atoms with Gasteiger partial charge in [0.25, 0.3) is 0 Å². The number of amides is 2. The smallest absolute Gasteiger partial charge is 0.233 e. The summed E-state index contributed by atoms with van der Waals surface area (Å²) in [5.74, 6) is 0.655. The Hall–Kier alpha value is -1.91. The fraction of sp³-hybridized carbons (Fsp3) is 0.462. The minimum Gasteiger partial charge on any atom is -0.370 e. The molecule has 1 aromatic heterocycles. The van der Waals surface area contributed by atoms with Gasteiger partial charge in [-0.05, 0) is 19.4 Å². The highest BCUT2D eigenvalue weighted by Crippen LogP contribution is 2.47. The van der Waals surface area contributed by atoms with Crippen molar-refractivity contribution in [2.24, 2.45) is 11.8 Å². The predicted octanol–water partition coefficient (Wildman–Crippen LogP) is 1.02. The third kappa shape index (κ3) is 1.66. The lowest BCUT2D eigenvalue weighted by atomic mass is 10.2. The molecule has 3 rings (SSSR count). The molecule has 0 radical (unpaired) electrons. The Morgan fingerprint density at radius 2 is 2.11 bits per heavy atom. The molecule has 2 fully saturated rings. The van der Waals surface area contributed by atoms with E-state index in [1.165, 1.54) is 4.90 Å². The zero-order chi connectivity index (χ0) is 12.7. The van der Waals surface area contributed by atoms with E-state index in [1.807, 2.05) is 19.1 Å². The Labute approximate surface area is 105 Å². The number of carbonyl (C=O) groups excluding carboxylic acids is 2. The van der Waals surface area contributed by atoms with E-state index in [2.05, 4.69) is 10.3 Å². The van der Waals surface area contributed by atoms with Crippen LogP contribution in [0.25, 0.3) is 0 Å². The van der Waals surface area contributed by atoms with E-state index < -0.39 is 0 Å². The number of piperidine rings is 1. The third-order valence-corrected chi connectivity index (χ3v) is 3.52. The number of anilines is 1. The van der Waals surface area contributed by atoms with Crippen LogP contribution in [0.15, 0.2) is 18.3 Å². The second kappa shape index (κ2) is 4.08. The first kappa shape index (κ1) is 11.2. The summed E-state index contributed by atoms with van der Waals surface area (Å²) in [6.45, 7) is 3.08. The number of imide groups is 1. The van der Waals surface area contributed by atoms with Gasteiger partial charge in [-0.25, -0.2) is 4.98 Å². The van der Waals surface area contributed by atoms with Crippen molar-refractivity contribution in [3.05, 3.63) is 23.9 Å². The molecule has 5 heteroatoms. The highest BCUT2D eigenvalue weighted by molar-refractivity contribution is 6.08. The summed E-state index contributed by atoms with van der Waals surface area (Å²) in [5, 5.41) is 3.14. The van der Waals surface area contributed by atoms with Crippen LogP contribution in [0.1, 0.15) is 18.9 Å². The van der Waals surface area contributed by atoms with Gasteiger partial charge in [0.05, 0.1) is 18.4 Å². The highest BCUT2D eigenvalue weighted by Gasteiger charge is 2.58. The zero-order valence-corrected chi connectivity index (χ0v) is 10.2. The first-order valence-electron chi connectivity index (χ1n) is 6.25. The summed E-state index contributed by atoms with van der Waals surface area (Å²) >= 11 is 0. The topological polar surface area (TPSA) is 62.3 Å². The molecule has 0 spiro atoms. The second-order valence-corrected chi connectivity index (χ2v) is 4.75. The monoisotopic (exact) mass is 245 g/mol. The SMILES string of the molecule is CCNc1ncccc1CN1C(=O)C2CC2C1=O. The fourth-order valence-corrected chi connectivity index (χ4v) is 2.47. The normalized spacial score (nSPS) is 25.3. The molecule has 1 aromatic rings. The summed E-state index contributed by atoms with van der Waals surface area (Å²) in [4.78, 5) is 29.4. The molecular formula is C13H15N3O2. The lowest BCUT2D eigenvalue weighted by Gasteiger charge is -2.18. The first-order chi connectivity index (χ1) is 8.72. The van der Waals surface area contributed by atoms with Crippen molar-refractivity contribution in [2.75, 3.05) is 11.9 Å². The van der Waals surface area contributed by atoms with Crippen LogP contribution in [0, 0.1) is 11.8 Å². The van der Waals surface area contributed by atoms with Crippen molar-refractivity contribution in [3.63, 3.8) is 0 Å². The van der Waals surface area contributed by atoms with Gasteiger partial charge >= 0.3 is 0 Å². The van der Waals surface area contributed by atoms with Crippen LogP contribution in [0.2, 0.25) is 0 Å². The van der Waals surface area contributed by atoms with Crippen molar-refractivity contribution < 1.29 is 9.59 Å². The molecule has 94 valence electrons. The number of carbonyl (C=O) groups is 2. The standard InChI is InChI=1S/C13H15N3O2/c1-2-14-11-8(4-3-5-15-11)7-16-12(17)9-6-10(9)13(16)18/h3-5,9-10H,2,6-7H2,1H3,(H,14,15). The van der Waals surface area contributed by atoms with E-state index in [0.29, 0.717) is 6.54 Å². The van der Waals surface area contributed by atoms with Gasteiger partial charge in [-0.1, -0.05) is 6.07 Å². The molecule has 2 amide bonds. The molecule has 0 bridgehead atoms. The second-order valence-electron chi connectivity index (χ2n) is 4.75. The lowest BCUT2D eigenvalue weighted by molar-refractivity contribution is -0.142. The number of aromatic nitrogens is 1. The lowest BCUT2D eigenvalue weighted by Crippen LogP contribution is -2.32. The van der Waals surface area contributed by atoms with Crippen LogP contribution >= 0.6 is 0 Å². The minimum absolute atomic E-state index is 0.0173. The molecule has 2 heterocycles. The van der Waals surface area contributed by atoms with Crippen LogP contribution in [0.5, 0.6) is 0 Å². The van der Waals surface area contributed by atoms with Crippen molar-refractivity contribution in [1.29, 1.82) is 0 Å². The number of fused-ring (bicyclic) bond motifs is 1. The summed E-state index contributed by atoms with van der Waals surface area (Å²) < 4.78 is 0. The molecule has 1 aliphatic carbocycles. The zero-order valence-electron chi connectivity index (χ0n) is 10.2. The number of likely N-dealkylation sites (tertiary alicyclic amines) is 1. The minimum atomic E-state index is -0.0308. The van der Waals surface area contributed by atoms with Crippen LogP contribution in [-0.4, -0.2) is 28.2 Å². The van der Waals surface area contributed by atoms with Crippen molar-refractivity contribution in [3.8, 4) is 0 Å². The van der Waals surface area contributed by atoms with Gasteiger partial charge in [0, 0.05) is 18.3 Å². The molecule has 1 N–H and O–H groups in total. The summed E-state index contributed by atoms with van der Waals surface area (Å²) in [7, 11) is 0. The van der Waals surface area contributed by atoms with E-state index in [1.54, 1.807) is 6.20 Å². The maximum absolute atomic E-state index is 11.9. The molecule has 1 saturated heterocycles. The molecule has 1 aliphatic heterocycles. The van der Waals surface area contributed by atoms with Gasteiger partial charge in [0.15, 0.2) is 0 Å². The third-order valence-electron chi connectivity index (χ3n) is 3.52. The molecule has 1 saturated carbocycles. The molecule has 2 atom stereocenters. The predicted molar refractivity (Wildman–Crippen MR) is 65.6 cm³/mol. The Kier molecular flexibility index (Phi) is 2.54. The van der Waals surface area contributed by atoms with E-state index >= 15 is 0 Å². The molecule has 5 nitrogen and oxygen atoms in total. The van der Waals surface area contributed by atoms with Crippen LogP contribution in [0.3, 0.4) is 0 Å².